The lowest BCUT2D eigenvalue weighted by Crippen LogP contribution is -2.18. The highest BCUT2D eigenvalue weighted by Gasteiger charge is 2.23. The second-order valence-corrected chi connectivity index (χ2v) is 7.15. The van der Waals surface area contributed by atoms with Gasteiger partial charge in [0.05, 0.1) is 18.1 Å². The summed E-state index contributed by atoms with van der Waals surface area (Å²) >= 11 is 0. The first-order valence-corrected chi connectivity index (χ1v) is 10.2. The predicted molar refractivity (Wildman–Crippen MR) is 119 cm³/mol. The smallest absolute Gasteiger partial charge is 0.336 e. The van der Waals surface area contributed by atoms with Crippen LogP contribution in [0.1, 0.15) is 23.8 Å². The molecule has 0 radical (unpaired) electrons. The lowest BCUT2D eigenvalue weighted by atomic mass is 10.0. The first kappa shape index (κ1) is 21.4. The summed E-state index contributed by atoms with van der Waals surface area (Å²) in [6.45, 7) is 1.04. The zero-order chi connectivity index (χ0) is 22.3. The minimum Gasteiger partial charge on any atom is -0.416 e. The second kappa shape index (κ2) is 10.00. The number of hydrogen-bond donors (Lipinski definition) is 0. The van der Waals surface area contributed by atoms with Crippen molar-refractivity contribution in [2.24, 2.45) is 0 Å². The van der Waals surface area contributed by atoms with E-state index >= 15 is 0 Å². The predicted octanol–water partition coefficient (Wildman–Crippen LogP) is 5.32. The lowest BCUT2D eigenvalue weighted by Gasteiger charge is -2.23. The van der Waals surface area contributed by atoms with Crippen LogP contribution in [-0.2, 0) is 14.3 Å². The van der Waals surface area contributed by atoms with Gasteiger partial charge in [0.15, 0.2) is 6.29 Å². The van der Waals surface area contributed by atoms with Crippen LogP contribution in [0.15, 0.2) is 78.9 Å². The molecular formula is C25H21NO6. The van der Waals surface area contributed by atoms with E-state index in [1.165, 1.54) is 18.2 Å². The molecule has 1 saturated heterocycles. The van der Waals surface area contributed by atoms with Gasteiger partial charge < -0.3 is 14.2 Å². The summed E-state index contributed by atoms with van der Waals surface area (Å²) in [6, 6.07) is 21.9. The van der Waals surface area contributed by atoms with E-state index in [2.05, 4.69) is 0 Å². The van der Waals surface area contributed by atoms with E-state index in [1.54, 1.807) is 12.1 Å². The number of esters is 1. The maximum Gasteiger partial charge on any atom is 0.336 e. The van der Waals surface area contributed by atoms with E-state index in [4.69, 9.17) is 14.2 Å². The van der Waals surface area contributed by atoms with Crippen molar-refractivity contribution in [2.75, 3.05) is 13.2 Å². The lowest BCUT2D eigenvalue weighted by molar-refractivity contribution is -0.385. The van der Waals surface area contributed by atoms with Crippen LogP contribution in [0.25, 0.3) is 17.2 Å². The molecule has 3 aromatic rings. The van der Waals surface area contributed by atoms with Crippen molar-refractivity contribution in [3.63, 3.8) is 0 Å². The first-order valence-electron chi connectivity index (χ1n) is 10.2. The molecule has 1 heterocycles. The van der Waals surface area contributed by atoms with Crippen molar-refractivity contribution in [1.82, 2.24) is 0 Å². The molecule has 0 spiro atoms. The summed E-state index contributed by atoms with van der Waals surface area (Å²) in [5.41, 5.74) is 3.15. The number of ether oxygens (including phenoxy) is 3. The Morgan fingerprint density at radius 3 is 2.34 bits per heavy atom. The van der Waals surface area contributed by atoms with Gasteiger partial charge in [0.25, 0.3) is 0 Å². The summed E-state index contributed by atoms with van der Waals surface area (Å²) in [4.78, 5) is 23.1. The molecule has 1 fully saturated rings. The van der Waals surface area contributed by atoms with E-state index in [0.717, 1.165) is 23.1 Å². The zero-order valence-corrected chi connectivity index (χ0v) is 17.2. The molecule has 0 aliphatic carbocycles. The van der Waals surface area contributed by atoms with Crippen LogP contribution in [0.5, 0.6) is 5.75 Å². The number of hydrogen-bond acceptors (Lipinski definition) is 6. The average molecular weight is 431 g/mol. The van der Waals surface area contributed by atoms with E-state index in [-0.39, 0.29) is 11.4 Å². The van der Waals surface area contributed by atoms with Crippen molar-refractivity contribution in [1.29, 1.82) is 0 Å². The standard InChI is InChI=1S/C25H21NO6/c27-24(14-9-18-7-10-20(11-8-18)19-5-2-1-3-6-19)32-23-13-12-21(17-22(23)26(28)29)25-30-15-4-16-31-25/h1-3,5-14,17,25H,4,15-16H2/b14-9+. The minimum absolute atomic E-state index is 0.136. The topological polar surface area (TPSA) is 87.9 Å². The molecule has 162 valence electrons. The summed E-state index contributed by atoms with van der Waals surface area (Å²) in [5.74, 6) is -0.846. The van der Waals surface area contributed by atoms with Gasteiger partial charge in [0, 0.05) is 17.7 Å². The largest absolute Gasteiger partial charge is 0.416 e. The van der Waals surface area contributed by atoms with Gasteiger partial charge >= 0.3 is 11.7 Å². The van der Waals surface area contributed by atoms with Crippen molar-refractivity contribution in [2.45, 2.75) is 12.7 Å². The number of rotatable bonds is 6. The molecule has 0 bridgehead atoms. The molecular weight excluding hydrogens is 410 g/mol. The fourth-order valence-electron chi connectivity index (χ4n) is 3.31. The molecule has 0 saturated carbocycles. The Balaban J connectivity index is 1.44. The summed E-state index contributed by atoms with van der Waals surface area (Å²) < 4.78 is 16.2. The van der Waals surface area contributed by atoms with Gasteiger partial charge in [0.1, 0.15) is 0 Å². The molecule has 0 unspecified atom stereocenters. The molecule has 0 N–H and O–H groups in total. The molecule has 1 aliphatic rings. The number of carbonyl (C=O) groups excluding carboxylic acids is 1. The van der Waals surface area contributed by atoms with Crippen LogP contribution in [-0.4, -0.2) is 24.1 Å². The maximum atomic E-state index is 12.3. The summed E-state index contributed by atoms with van der Waals surface area (Å²) in [5, 5.41) is 11.5. The van der Waals surface area contributed by atoms with Crippen LogP contribution < -0.4 is 4.74 Å². The van der Waals surface area contributed by atoms with Gasteiger partial charge in [-0.25, -0.2) is 4.79 Å². The Morgan fingerprint density at radius 2 is 1.66 bits per heavy atom. The monoisotopic (exact) mass is 431 g/mol. The number of nitro benzene ring substituents is 1. The Kier molecular flexibility index (Phi) is 6.69. The summed E-state index contributed by atoms with van der Waals surface area (Å²) in [7, 11) is 0. The van der Waals surface area contributed by atoms with Crippen LogP contribution in [0.2, 0.25) is 0 Å². The number of carbonyl (C=O) groups is 1. The molecule has 7 heteroatoms. The van der Waals surface area contributed by atoms with E-state index < -0.39 is 17.2 Å². The molecule has 4 rings (SSSR count). The maximum absolute atomic E-state index is 12.3. The van der Waals surface area contributed by atoms with Gasteiger partial charge in [-0.2, -0.15) is 0 Å². The molecule has 1 aliphatic heterocycles. The average Bonchev–Trinajstić information content (AvgIpc) is 2.84. The number of nitro groups is 1. The molecule has 0 amide bonds. The third-order valence-electron chi connectivity index (χ3n) is 4.92. The molecule has 0 atom stereocenters. The van der Waals surface area contributed by atoms with Crippen LogP contribution in [0, 0.1) is 10.1 Å². The van der Waals surface area contributed by atoms with Gasteiger partial charge in [-0.05, 0) is 41.3 Å². The fraction of sp³-hybridized carbons (Fsp3) is 0.160. The number of nitrogens with zero attached hydrogens (tertiary/aromatic N) is 1. The molecule has 0 aromatic heterocycles. The SMILES string of the molecule is O=C(/C=C/c1ccc(-c2ccccc2)cc1)Oc1ccc(C2OCCCO2)cc1[N+](=O)[O-]. The van der Waals surface area contributed by atoms with Crippen molar-refractivity contribution in [3.05, 3.63) is 100 Å². The molecule has 32 heavy (non-hydrogen) atoms. The van der Waals surface area contributed by atoms with E-state index in [1.807, 2.05) is 54.6 Å². The minimum atomic E-state index is -0.710. The van der Waals surface area contributed by atoms with E-state index in [0.29, 0.717) is 18.8 Å². The highest BCUT2D eigenvalue weighted by atomic mass is 16.7. The van der Waals surface area contributed by atoms with Gasteiger partial charge in [0.2, 0.25) is 5.75 Å². The quantitative estimate of drug-likeness (QED) is 0.173. The van der Waals surface area contributed by atoms with Crippen LogP contribution >= 0.6 is 0 Å². The van der Waals surface area contributed by atoms with Gasteiger partial charge in [-0.1, -0.05) is 54.6 Å². The van der Waals surface area contributed by atoms with Crippen LogP contribution in [0.3, 0.4) is 0 Å². The molecule has 3 aromatic carbocycles. The highest BCUT2D eigenvalue weighted by Crippen LogP contribution is 2.33. The van der Waals surface area contributed by atoms with Crippen LogP contribution in [0.4, 0.5) is 5.69 Å². The number of benzene rings is 3. The first-order chi connectivity index (χ1) is 15.6. The van der Waals surface area contributed by atoms with Crippen molar-refractivity contribution in [3.8, 4) is 16.9 Å². The van der Waals surface area contributed by atoms with Gasteiger partial charge in [-0.15, -0.1) is 0 Å². The van der Waals surface area contributed by atoms with Crippen molar-refractivity contribution < 1.29 is 23.9 Å². The Bertz CT molecular complexity index is 1120. The molecule has 7 nitrogen and oxygen atoms in total. The normalized spacial score (nSPS) is 14.4. The van der Waals surface area contributed by atoms with Crippen molar-refractivity contribution >= 4 is 17.7 Å². The Hall–Kier alpha value is -3.81. The summed E-state index contributed by atoms with van der Waals surface area (Å²) in [6.07, 6.45) is 2.95. The fourth-order valence-corrected chi connectivity index (χ4v) is 3.31. The highest BCUT2D eigenvalue weighted by molar-refractivity contribution is 5.89. The second-order valence-electron chi connectivity index (χ2n) is 7.15. The Labute approximate surface area is 185 Å². The Morgan fingerprint density at radius 1 is 0.969 bits per heavy atom. The third kappa shape index (κ3) is 5.26. The third-order valence-corrected chi connectivity index (χ3v) is 4.92. The van der Waals surface area contributed by atoms with Gasteiger partial charge in [-0.3, -0.25) is 10.1 Å². The zero-order valence-electron chi connectivity index (χ0n) is 17.2. The van der Waals surface area contributed by atoms with E-state index in [9.17, 15) is 14.9 Å².